The molecule has 0 radical (unpaired) electrons. The molecule has 2 N–H and O–H groups in total. The molecule has 0 spiro atoms. The largest absolute Gasteiger partial charge is 0.494 e. The number of hydrogen-bond acceptors (Lipinski definition) is 7. The first kappa shape index (κ1) is 25.1. The summed E-state index contributed by atoms with van der Waals surface area (Å²) in [6.45, 7) is 1.57. The van der Waals surface area contributed by atoms with Gasteiger partial charge in [-0.3, -0.25) is 4.79 Å². The van der Waals surface area contributed by atoms with E-state index in [0.717, 1.165) is 0 Å². The van der Waals surface area contributed by atoms with Crippen LogP contribution in [0.2, 0.25) is 0 Å². The number of aliphatic hydroxyl groups is 2. The van der Waals surface area contributed by atoms with E-state index >= 15 is 0 Å². The van der Waals surface area contributed by atoms with E-state index in [0.29, 0.717) is 39.8 Å². The number of hydrogen-bond donors (Lipinski definition) is 2. The SMILES string of the molecule is COc1cc(C(=O)CCC(C)(O)c2ccc(OC)c(-c3ccc(F)cc3)n2)ccc1OCCO. The monoisotopic (exact) mass is 469 g/mol. The standard InChI is InChI=1S/C26H28FNO6/c1-26(31,13-12-20(30)18-6-9-21(34-15-14-29)23(16-18)33-3)24-11-10-22(32-2)25(28-24)17-4-7-19(27)8-5-17/h4-11,16,29,31H,12-15H2,1-3H3. The lowest BCUT2D eigenvalue weighted by molar-refractivity contribution is 0.0397. The Hall–Kier alpha value is -3.49. The summed E-state index contributed by atoms with van der Waals surface area (Å²) in [6, 6.07) is 14.0. The normalized spacial score (nSPS) is 12.6. The molecule has 1 aromatic heterocycles. The van der Waals surface area contributed by atoms with Crippen molar-refractivity contribution in [2.45, 2.75) is 25.4 Å². The maximum atomic E-state index is 13.3. The van der Waals surface area contributed by atoms with E-state index in [4.69, 9.17) is 19.3 Å². The Morgan fingerprint density at radius 3 is 2.32 bits per heavy atom. The number of carbonyl (C=O) groups excluding carboxylic acids is 1. The molecule has 2 aromatic carbocycles. The number of ketones is 1. The Kier molecular flexibility index (Phi) is 8.20. The number of pyridine rings is 1. The number of carbonyl (C=O) groups is 1. The number of methoxy groups -OCH3 is 2. The van der Waals surface area contributed by atoms with Crippen molar-refractivity contribution in [1.82, 2.24) is 4.98 Å². The number of aliphatic hydroxyl groups excluding tert-OH is 1. The molecule has 34 heavy (non-hydrogen) atoms. The third-order valence-electron chi connectivity index (χ3n) is 5.42. The minimum absolute atomic E-state index is 0.0621. The molecule has 1 unspecified atom stereocenters. The maximum absolute atomic E-state index is 13.3. The summed E-state index contributed by atoms with van der Waals surface area (Å²) in [6.07, 6.45) is 0.186. The minimum atomic E-state index is -1.40. The molecule has 180 valence electrons. The van der Waals surface area contributed by atoms with Crippen molar-refractivity contribution >= 4 is 5.78 Å². The van der Waals surface area contributed by atoms with Crippen LogP contribution in [0.4, 0.5) is 4.39 Å². The van der Waals surface area contributed by atoms with Crippen LogP contribution in [-0.2, 0) is 5.60 Å². The van der Waals surface area contributed by atoms with Gasteiger partial charge < -0.3 is 24.4 Å². The van der Waals surface area contributed by atoms with Crippen molar-refractivity contribution in [3.05, 3.63) is 71.7 Å². The van der Waals surface area contributed by atoms with Crippen molar-refractivity contribution in [1.29, 1.82) is 0 Å². The zero-order valence-corrected chi connectivity index (χ0v) is 19.4. The van der Waals surface area contributed by atoms with Crippen LogP contribution in [-0.4, -0.2) is 48.4 Å². The van der Waals surface area contributed by atoms with Gasteiger partial charge >= 0.3 is 0 Å². The van der Waals surface area contributed by atoms with E-state index in [1.165, 1.54) is 26.4 Å². The summed E-state index contributed by atoms with van der Waals surface area (Å²) in [5.74, 6) is 0.745. The molecule has 0 aliphatic carbocycles. The van der Waals surface area contributed by atoms with Crippen molar-refractivity contribution in [3.8, 4) is 28.5 Å². The first-order valence-corrected chi connectivity index (χ1v) is 10.8. The summed E-state index contributed by atoms with van der Waals surface area (Å²) < 4.78 is 29.4. The highest BCUT2D eigenvalue weighted by molar-refractivity contribution is 5.96. The van der Waals surface area contributed by atoms with Crippen molar-refractivity contribution in [2.75, 3.05) is 27.4 Å². The van der Waals surface area contributed by atoms with Gasteiger partial charge in [0, 0.05) is 17.5 Å². The van der Waals surface area contributed by atoms with Crippen LogP contribution in [0.3, 0.4) is 0 Å². The van der Waals surface area contributed by atoms with Crippen LogP contribution >= 0.6 is 0 Å². The van der Waals surface area contributed by atoms with Crippen LogP contribution < -0.4 is 14.2 Å². The summed E-state index contributed by atoms with van der Waals surface area (Å²) in [4.78, 5) is 17.4. The molecule has 3 aromatic rings. The molecule has 1 heterocycles. The fraction of sp³-hybridized carbons (Fsp3) is 0.308. The summed E-state index contributed by atoms with van der Waals surface area (Å²) in [5.41, 5.74) is 0.493. The fourth-order valence-corrected chi connectivity index (χ4v) is 3.47. The van der Waals surface area contributed by atoms with Gasteiger partial charge in [-0.1, -0.05) is 0 Å². The molecule has 7 nitrogen and oxygen atoms in total. The summed E-state index contributed by atoms with van der Waals surface area (Å²) in [5, 5.41) is 20.0. The molecular weight excluding hydrogens is 441 g/mol. The van der Waals surface area contributed by atoms with E-state index in [1.54, 1.807) is 49.4 Å². The third-order valence-corrected chi connectivity index (χ3v) is 5.42. The van der Waals surface area contributed by atoms with Crippen LogP contribution in [0.1, 0.15) is 35.8 Å². The second kappa shape index (κ2) is 11.1. The first-order chi connectivity index (χ1) is 16.3. The molecule has 0 amide bonds. The Morgan fingerprint density at radius 1 is 1.00 bits per heavy atom. The molecule has 8 heteroatoms. The quantitative estimate of drug-likeness (QED) is 0.407. The average Bonchev–Trinajstić information content (AvgIpc) is 2.86. The third kappa shape index (κ3) is 5.89. The van der Waals surface area contributed by atoms with E-state index in [9.17, 15) is 14.3 Å². The smallest absolute Gasteiger partial charge is 0.163 e. The highest BCUT2D eigenvalue weighted by atomic mass is 19.1. The van der Waals surface area contributed by atoms with Gasteiger partial charge in [-0.25, -0.2) is 9.37 Å². The van der Waals surface area contributed by atoms with Gasteiger partial charge in [0.05, 0.1) is 26.5 Å². The maximum Gasteiger partial charge on any atom is 0.163 e. The number of benzene rings is 2. The number of aromatic nitrogens is 1. The van der Waals surface area contributed by atoms with Crippen molar-refractivity contribution < 1.29 is 33.6 Å². The fourth-order valence-electron chi connectivity index (χ4n) is 3.47. The van der Waals surface area contributed by atoms with E-state index in [1.807, 2.05) is 0 Å². The van der Waals surface area contributed by atoms with Crippen LogP contribution in [0, 0.1) is 5.82 Å². The Bertz CT molecular complexity index is 1130. The summed E-state index contributed by atoms with van der Waals surface area (Å²) in [7, 11) is 2.98. The predicted octanol–water partition coefficient (Wildman–Crippen LogP) is 4.15. The number of halogens is 1. The van der Waals surface area contributed by atoms with Gasteiger partial charge in [-0.15, -0.1) is 0 Å². The number of rotatable bonds is 11. The van der Waals surface area contributed by atoms with Crippen LogP contribution in [0.25, 0.3) is 11.3 Å². The minimum Gasteiger partial charge on any atom is -0.494 e. The predicted molar refractivity (Wildman–Crippen MR) is 125 cm³/mol. The molecule has 0 saturated heterocycles. The second-order valence-corrected chi connectivity index (χ2v) is 7.89. The zero-order chi connectivity index (χ0) is 24.7. The molecule has 3 rings (SSSR count). The Labute approximate surface area is 197 Å². The van der Waals surface area contributed by atoms with E-state index < -0.39 is 5.60 Å². The topological polar surface area (TPSA) is 98.1 Å². The zero-order valence-electron chi connectivity index (χ0n) is 19.4. The Balaban J connectivity index is 1.77. The van der Waals surface area contributed by atoms with Gasteiger partial charge in [0.1, 0.15) is 29.5 Å². The number of nitrogens with zero attached hydrogens (tertiary/aromatic N) is 1. The number of ether oxygens (including phenoxy) is 3. The highest BCUT2D eigenvalue weighted by Crippen LogP contribution is 2.34. The second-order valence-electron chi connectivity index (χ2n) is 7.89. The molecule has 0 fully saturated rings. The molecular formula is C26H28FNO6. The first-order valence-electron chi connectivity index (χ1n) is 10.8. The van der Waals surface area contributed by atoms with Gasteiger partial charge in [0.15, 0.2) is 17.3 Å². The van der Waals surface area contributed by atoms with Gasteiger partial charge in [-0.05, 0) is 67.9 Å². The molecule has 0 saturated carbocycles. The van der Waals surface area contributed by atoms with Gasteiger partial charge in [0.25, 0.3) is 0 Å². The lowest BCUT2D eigenvalue weighted by atomic mass is 9.92. The molecule has 0 aliphatic rings. The summed E-state index contributed by atoms with van der Waals surface area (Å²) >= 11 is 0. The molecule has 0 bridgehead atoms. The van der Waals surface area contributed by atoms with Gasteiger partial charge in [0.2, 0.25) is 0 Å². The Morgan fingerprint density at radius 2 is 1.68 bits per heavy atom. The lowest BCUT2D eigenvalue weighted by Crippen LogP contribution is -2.24. The van der Waals surface area contributed by atoms with Crippen molar-refractivity contribution in [2.24, 2.45) is 0 Å². The highest BCUT2D eigenvalue weighted by Gasteiger charge is 2.27. The average molecular weight is 470 g/mol. The van der Waals surface area contributed by atoms with Gasteiger partial charge in [-0.2, -0.15) is 0 Å². The van der Waals surface area contributed by atoms with Crippen LogP contribution in [0.5, 0.6) is 17.2 Å². The molecule has 1 atom stereocenters. The number of Topliss-reactive ketones (excluding diaryl/α,β-unsaturated/α-hetero) is 1. The van der Waals surface area contributed by atoms with E-state index in [-0.39, 0.29) is 37.7 Å². The van der Waals surface area contributed by atoms with Crippen LogP contribution in [0.15, 0.2) is 54.6 Å². The van der Waals surface area contributed by atoms with Crippen molar-refractivity contribution in [3.63, 3.8) is 0 Å². The molecule has 0 aliphatic heterocycles. The van der Waals surface area contributed by atoms with E-state index in [2.05, 4.69) is 4.98 Å². The lowest BCUT2D eigenvalue weighted by Gasteiger charge is -2.24.